The summed E-state index contributed by atoms with van der Waals surface area (Å²) in [5, 5.41) is 8.30. The van der Waals surface area contributed by atoms with Gasteiger partial charge in [0.1, 0.15) is 0 Å². The number of hydrogen-bond donors (Lipinski definition) is 0. The van der Waals surface area contributed by atoms with Crippen LogP contribution in [0.1, 0.15) is 0 Å². The number of aromatic nitrogens is 4. The van der Waals surface area contributed by atoms with E-state index in [1.807, 2.05) is 12.1 Å². The zero-order chi connectivity index (χ0) is 28.3. The SMILES string of the molecule is c1ccc2cc(-c3nc(-c4ccc(-n5c6ccccc6c6cc7ccccc7cc65)cc4)nc4ncccc34)ccc2c1. The van der Waals surface area contributed by atoms with Gasteiger partial charge in [-0.25, -0.2) is 15.0 Å². The molecule has 9 aromatic rings. The highest BCUT2D eigenvalue weighted by Gasteiger charge is 2.15. The Morgan fingerprint density at radius 3 is 1.95 bits per heavy atom. The van der Waals surface area contributed by atoms with Crippen LogP contribution < -0.4 is 0 Å². The number of fused-ring (bicyclic) bond motifs is 6. The molecule has 0 fully saturated rings. The first-order valence-electron chi connectivity index (χ1n) is 14.4. The van der Waals surface area contributed by atoms with Crippen LogP contribution in [0.3, 0.4) is 0 Å². The van der Waals surface area contributed by atoms with Gasteiger partial charge in [0.05, 0.1) is 16.7 Å². The third-order valence-corrected chi connectivity index (χ3v) is 8.42. The summed E-state index contributed by atoms with van der Waals surface area (Å²) in [5.41, 5.74) is 7.05. The monoisotopic (exact) mass is 548 g/mol. The predicted octanol–water partition coefficient (Wildman–Crippen LogP) is 9.76. The molecule has 0 bridgehead atoms. The average molecular weight is 549 g/mol. The molecule has 0 amide bonds. The molecule has 6 aromatic carbocycles. The third kappa shape index (κ3) is 3.81. The van der Waals surface area contributed by atoms with Gasteiger partial charge in [-0.2, -0.15) is 0 Å². The lowest BCUT2D eigenvalue weighted by atomic mass is 10.0. The second kappa shape index (κ2) is 9.33. The fourth-order valence-electron chi connectivity index (χ4n) is 6.34. The Morgan fingerprint density at radius 2 is 1.12 bits per heavy atom. The molecule has 0 radical (unpaired) electrons. The Labute approximate surface area is 247 Å². The molecule has 0 saturated heterocycles. The van der Waals surface area contributed by atoms with Crippen molar-refractivity contribution in [1.82, 2.24) is 19.5 Å². The zero-order valence-electron chi connectivity index (χ0n) is 23.1. The summed E-state index contributed by atoms with van der Waals surface area (Å²) >= 11 is 0. The molecular weight excluding hydrogens is 524 g/mol. The van der Waals surface area contributed by atoms with E-state index in [1.165, 1.54) is 43.4 Å². The van der Waals surface area contributed by atoms with Gasteiger partial charge in [0.15, 0.2) is 11.5 Å². The predicted molar refractivity (Wildman–Crippen MR) is 178 cm³/mol. The Kier molecular flexibility index (Phi) is 5.16. The van der Waals surface area contributed by atoms with Crippen LogP contribution in [-0.2, 0) is 0 Å². The quantitative estimate of drug-likeness (QED) is 0.221. The molecule has 3 aromatic heterocycles. The van der Waals surface area contributed by atoms with E-state index in [0.717, 1.165) is 27.9 Å². The summed E-state index contributed by atoms with van der Waals surface area (Å²) in [6.45, 7) is 0. The lowest BCUT2D eigenvalue weighted by Crippen LogP contribution is -1.98. The van der Waals surface area contributed by atoms with E-state index in [4.69, 9.17) is 9.97 Å². The molecule has 3 heterocycles. The molecule has 9 rings (SSSR count). The zero-order valence-corrected chi connectivity index (χ0v) is 23.1. The molecule has 0 unspecified atom stereocenters. The highest BCUT2D eigenvalue weighted by Crippen LogP contribution is 2.36. The van der Waals surface area contributed by atoms with Gasteiger partial charge < -0.3 is 4.57 Å². The van der Waals surface area contributed by atoms with Crippen LogP contribution in [0.15, 0.2) is 146 Å². The molecule has 4 nitrogen and oxygen atoms in total. The highest BCUT2D eigenvalue weighted by atomic mass is 15.0. The summed E-state index contributed by atoms with van der Waals surface area (Å²) < 4.78 is 2.35. The first-order chi connectivity index (χ1) is 21.3. The van der Waals surface area contributed by atoms with Gasteiger partial charge in [-0.3, -0.25) is 0 Å². The van der Waals surface area contributed by atoms with E-state index in [9.17, 15) is 0 Å². The van der Waals surface area contributed by atoms with Crippen molar-refractivity contribution in [2.75, 3.05) is 0 Å². The summed E-state index contributed by atoms with van der Waals surface area (Å²) in [7, 11) is 0. The number of nitrogens with zero attached hydrogens (tertiary/aromatic N) is 4. The number of hydrogen-bond acceptors (Lipinski definition) is 3. The number of pyridine rings is 1. The molecule has 200 valence electrons. The Hall–Kier alpha value is -5.87. The number of benzene rings is 6. The van der Waals surface area contributed by atoms with E-state index in [-0.39, 0.29) is 0 Å². The van der Waals surface area contributed by atoms with Gasteiger partial charge >= 0.3 is 0 Å². The standard InChI is InChI=1S/C39H24N4/c1-2-9-27-22-30(16-15-25(27)8-1)37-33-13-7-21-40-39(33)42-38(41-37)26-17-19-31(20-18-26)43-35-14-6-5-12-32(35)34-23-28-10-3-4-11-29(28)24-36(34)43/h1-24H. The molecular formula is C39H24N4. The van der Waals surface area contributed by atoms with E-state index >= 15 is 0 Å². The largest absolute Gasteiger partial charge is 0.309 e. The first-order valence-corrected chi connectivity index (χ1v) is 14.4. The van der Waals surface area contributed by atoms with Crippen molar-refractivity contribution in [2.45, 2.75) is 0 Å². The first kappa shape index (κ1) is 23.8. The Bertz CT molecular complexity index is 2510. The highest BCUT2D eigenvalue weighted by molar-refractivity contribution is 6.13. The molecule has 0 spiro atoms. The van der Waals surface area contributed by atoms with Crippen molar-refractivity contribution in [3.05, 3.63) is 146 Å². The smallest absolute Gasteiger partial charge is 0.163 e. The van der Waals surface area contributed by atoms with Crippen LogP contribution in [0.2, 0.25) is 0 Å². The third-order valence-electron chi connectivity index (χ3n) is 8.42. The topological polar surface area (TPSA) is 43.6 Å². The van der Waals surface area contributed by atoms with Crippen LogP contribution in [-0.4, -0.2) is 19.5 Å². The van der Waals surface area contributed by atoms with E-state index in [1.54, 1.807) is 6.20 Å². The summed E-state index contributed by atoms with van der Waals surface area (Å²) in [5.74, 6) is 0.661. The molecule has 0 aliphatic carbocycles. The van der Waals surface area contributed by atoms with Gasteiger partial charge in [-0.15, -0.1) is 0 Å². The molecule has 0 aliphatic heterocycles. The van der Waals surface area contributed by atoms with Crippen LogP contribution >= 0.6 is 0 Å². The van der Waals surface area contributed by atoms with Crippen molar-refractivity contribution in [1.29, 1.82) is 0 Å². The molecule has 0 atom stereocenters. The van der Waals surface area contributed by atoms with Gasteiger partial charge in [-0.1, -0.05) is 78.9 Å². The van der Waals surface area contributed by atoms with E-state index in [0.29, 0.717) is 11.5 Å². The number of para-hydroxylation sites is 1. The summed E-state index contributed by atoms with van der Waals surface area (Å²) in [6.07, 6.45) is 1.79. The van der Waals surface area contributed by atoms with Crippen molar-refractivity contribution < 1.29 is 0 Å². The normalized spacial score (nSPS) is 11.7. The van der Waals surface area contributed by atoms with E-state index < -0.39 is 0 Å². The molecule has 0 saturated carbocycles. The van der Waals surface area contributed by atoms with Crippen LogP contribution in [0.4, 0.5) is 0 Å². The van der Waals surface area contributed by atoms with Gasteiger partial charge in [-0.05, 0) is 82.2 Å². The van der Waals surface area contributed by atoms with Gasteiger partial charge in [0, 0.05) is 39.2 Å². The fraction of sp³-hybridized carbons (Fsp3) is 0. The minimum absolute atomic E-state index is 0.661. The van der Waals surface area contributed by atoms with Crippen LogP contribution in [0.25, 0.3) is 82.7 Å². The second-order valence-electron chi connectivity index (χ2n) is 10.9. The molecule has 0 aliphatic rings. The Morgan fingerprint density at radius 1 is 0.442 bits per heavy atom. The van der Waals surface area contributed by atoms with Gasteiger partial charge in [0.2, 0.25) is 0 Å². The molecule has 43 heavy (non-hydrogen) atoms. The van der Waals surface area contributed by atoms with Gasteiger partial charge in [0.25, 0.3) is 0 Å². The summed E-state index contributed by atoms with van der Waals surface area (Å²) in [6, 6.07) is 49.2. The minimum atomic E-state index is 0.661. The molecule has 4 heteroatoms. The van der Waals surface area contributed by atoms with Crippen molar-refractivity contribution in [3.63, 3.8) is 0 Å². The second-order valence-corrected chi connectivity index (χ2v) is 10.9. The fourth-order valence-corrected chi connectivity index (χ4v) is 6.34. The average Bonchev–Trinajstić information content (AvgIpc) is 3.39. The lowest BCUT2D eigenvalue weighted by Gasteiger charge is -2.11. The maximum Gasteiger partial charge on any atom is 0.163 e. The van der Waals surface area contributed by atoms with Crippen molar-refractivity contribution >= 4 is 54.4 Å². The Balaban J connectivity index is 1.20. The van der Waals surface area contributed by atoms with Crippen LogP contribution in [0, 0.1) is 0 Å². The number of rotatable bonds is 3. The summed E-state index contributed by atoms with van der Waals surface area (Å²) in [4.78, 5) is 14.6. The maximum absolute atomic E-state index is 5.12. The molecule has 0 N–H and O–H groups in total. The van der Waals surface area contributed by atoms with Crippen LogP contribution in [0.5, 0.6) is 0 Å². The lowest BCUT2D eigenvalue weighted by molar-refractivity contribution is 1.17. The minimum Gasteiger partial charge on any atom is -0.309 e. The maximum atomic E-state index is 5.12. The van der Waals surface area contributed by atoms with E-state index in [2.05, 4.69) is 137 Å². The van der Waals surface area contributed by atoms with Crippen molar-refractivity contribution in [2.24, 2.45) is 0 Å². The van der Waals surface area contributed by atoms with Crippen molar-refractivity contribution in [3.8, 4) is 28.3 Å².